The van der Waals surface area contributed by atoms with Crippen molar-refractivity contribution in [3.63, 3.8) is 0 Å². The van der Waals surface area contributed by atoms with Gasteiger partial charge in [0.15, 0.2) is 0 Å². The summed E-state index contributed by atoms with van der Waals surface area (Å²) in [5.41, 5.74) is 0. The Kier molecular flexibility index (Phi) is 8.03. The molecule has 6 atom stereocenters. The molecule has 25 heavy (non-hydrogen) atoms. The number of rotatable bonds is 8. The Bertz CT molecular complexity index is 484. The summed E-state index contributed by atoms with van der Waals surface area (Å²) in [4.78, 5) is 32.8. The van der Waals surface area contributed by atoms with E-state index < -0.39 is 61.0 Å². The van der Waals surface area contributed by atoms with Crippen molar-refractivity contribution in [1.29, 1.82) is 0 Å². The Labute approximate surface area is 143 Å². The molecule has 1 fully saturated rings. The number of nitrogens with one attached hydrogen (secondary N) is 1. The van der Waals surface area contributed by atoms with E-state index >= 15 is 0 Å². The van der Waals surface area contributed by atoms with Crippen LogP contribution in [0.2, 0.25) is 0 Å². The van der Waals surface area contributed by atoms with Gasteiger partial charge in [0, 0.05) is 0 Å². The van der Waals surface area contributed by atoms with E-state index in [2.05, 4.69) is 0 Å². The van der Waals surface area contributed by atoms with E-state index in [0.29, 0.717) is 0 Å². The van der Waals surface area contributed by atoms with Gasteiger partial charge in [-0.2, -0.15) is 0 Å². The summed E-state index contributed by atoms with van der Waals surface area (Å²) in [5.74, 6) is -2.88. The van der Waals surface area contributed by atoms with Gasteiger partial charge in [0.2, 0.25) is 0 Å². The summed E-state index contributed by atoms with van der Waals surface area (Å²) < 4.78 is 10.1. The summed E-state index contributed by atoms with van der Waals surface area (Å²) in [7, 11) is 0. The predicted molar refractivity (Wildman–Crippen MR) is 79.7 cm³/mol. The average Bonchev–Trinajstić information content (AvgIpc) is 2.52. The highest BCUT2D eigenvalue weighted by atomic mass is 16.6. The van der Waals surface area contributed by atoms with E-state index in [0.717, 1.165) is 0 Å². The lowest BCUT2D eigenvalue weighted by Gasteiger charge is -2.39. The van der Waals surface area contributed by atoms with Crippen molar-refractivity contribution < 1.29 is 49.4 Å². The number of ether oxygens (including phenoxy) is 2. The minimum Gasteiger partial charge on any atom is -0.481 e. The van der Waals surface area contributed by atoms with Gasteiger partial charge in [0.1, 0.15) is 24.4 Å². The van der Waals surface area contributed by atoms with Crippen LogP contribution in [-0.2, 0) is 19.1 Å². The molecule has 1 aliphatic rings. The predicted octanol–water partition coefficient (Wildman–Crippen LogP) is -1.71. The number of aliphatic carboxylic acids is 2. The number of carboxylic acid groups (broad SMARTS) is 2. The number of alkyl carbamates (subject to hydrolysis) is 1. The van der Waals surface area contributed by atoms with Crippen LogP contribution >= 0.6 is 0 Å². The third-order valence-electron chi connectivity index (χ3n) is 3.79. The molecule has 11 nitrogen and oxygen atoms in total. The quantitative estimate of drug-likeness (QED) is 0.271. The van der Waals surface area contributed by atoms with Crippen LogP contribution in [0.4, 0.5) is 4.79 Å². The molecule has 0 bridgehead atoms. The van der Waals surface area contributed by atoms with Crippen molar-refractivity contribution in [2.75, 3.05) is 6.61 Å². The molecule has 1 heterocycles. The molecular formula is C14H23NO10. The third-order valence-corrected chi connectivity index (χ3v) is 3.79. The first-order valence-electron chi connectivity index (χ1n) is 7.71. The minimum absolute atomic E-state index is 0.134. The maximum absolute atomic E-state index is 11.5. The highest BCUT2D eigenvalue weighted by Crippen LogP contribution is 2.23. The highest BCUT2D eigenvalue weighted by molar-refractivity contribution is 5.84. The van der Waals surface area contributed by atoms with E-state index in [1.807, 2.05) is 5.32 Å². The normalized spacial score (nSPS) is 30.3. The molecule has 4 unspecified atom stereocenters. The number of carbonyl (C=O) groups is 3. The zero-order valence-corrected chi connectivity index (χ0v) is 13.6. The van der Waals surface area contributed by atoms with Crippen LogP contribution in [0.25, 0.3) is 0 Å². The van der Waals surface area contributed by atoms with Crippen molar-refractivity contribution in [2.45, 2.75) is 62.7 Å². The van der Waals surface area contributed by atoms with Gasteiger partial charge in [0.25, 0.3) is 0 Å². The first-order valence-corrected chi connectivity index (χ1v) is 7.71. The number of amides is 1. The fourth-order valence-electron chi connectivity index (χ4n) is 2.38. The van der Waals surface area contributed by atoms with Gasteiger partial charge in [-0.25, -0.2) is 9.59 Å². The fraction of sp³-hybridized carbons (Fsp3) is 0.786. The number of carbonyl (C=O) groups excluding carboxylic acids is 1. The van der Waals surface area contributed by atoms with Gasteiger partial charge in [0.05, 0.1) is 25.2 Å². The second-order valence-corrected chi connectivity index (χ2v) is 5.76. The lowest BCUT2D eigenvalue weighted by Crippen LogP contribution is -2.56. The molecule has 0 aromatic rings. The Hall–Kier alpha value is -1.95. The Balaban J connectivity index is 2.33. The zero-order chi connectivity index (χ0) is 19.1. The molecule has 0 aromatic carbocycles. The van der Waals surface area contributed by atoms with Crippen molar-refractivity contribution in [3.8, 4) is 0 Å². The molecule has 1 amide bonds. The topological polar surface area (TPSA) is 183 Å². The maximum atomic E-state index is 11.5. The van der Waals surface area contributed by atoms with Crippen LogP contribution in [0.15, 0.2) is 0 Å². The molecule has 1 saturated heterocycles. The summed E-state index contributed by atoms with van der Waals surface area (Å²) >= 11 is 0. The summed E-state index contributed by atoms with van der Waals surface area (Å²) in [5, 5.41) is 48.3. The van der Waals surface area contributed by atoms with Gasteiger partial charge >= 0.3 is 18.0 Å². The zero-order valence-electron chi connectivity index (χ0n) is 13.6. The molecule has 144 valence electrons. The van der Waals surface area contributed by atoms with Crippen molar-refractivity contribution in [3.05, 3.63) is 0 Å². The molecule has 0 aromatic heterocycles. The third kappa shape index (κ3) is 6.46. The molecule has 0 saturated carbocycles. The second kappa shape index (κ2) is 9.51. The van der Waals surface area contributed by atoms with E-state index in [1.165, 1.54) is 0 Å². The van der Waals surface area contributed by atoms with Gasteiger partial charge < -0.3 is 40.3 Å². The van der Waals surface area contributed by atoms with Gasteiger partial charge in [-0.05, 0) is 19.8 Å². The standard InChI is InChI=1S/C14H23NO10/c1-6-10(18)12(20)11(19)8(25-6)3-2-4-24-14(23)15-7(13(21)22)5-9(16)17/h6-8,10-12,18-20H,2-5H2,1H3,(H,15,23)(H,16,17)(H,21,22)/t6?,7?,8-,10+,11?,12?/m0/s1. The summed E-state index contributed by atoms with van der Waals surface area (Å²) in [6, 6.07) is -1.61. The smallest absolute Gasteiger partial charge is 0.407 e. The first-order chi connectivity index (χ1) is 11.6. The summed E-state index contributed by atoms with van der Waals surface area (Å²) in [6.45, 7) is 1.41. The van der Waals surface area contributed by atoms with Crippen LogP contribution in [0, 0.1) is 0 Å². The average molecular weight is 365 g/mol. The van der Waals surface area contributed by atoms with Crippen LogP contribution in [0.1, 0.15) is 26.2 Å². The molecule has 0 spiro atoms. The lowest BCUT2D eigenvalue weighted by atomic mass is 9.93. The fourth-order valence-corrected chi connectivity index (χ4v) is 2.38. The van der Waals surface area contributed by atoms with Crippen LogP contribution < -0.4 is 5.32 Å². The van der Waals surface area contributed by atoms with Crippen molar-refractivity contribution in [1.82, 2.24) is 5.32 Å². The minimum atomic E-state index is -1.61. The molecular weight excluding hydrogens is 342 g/mol. The Morgan fingerprint density at radius 2 is 1.76 bits per heavy atom. The number of hydrogen-bond donors (Lipinski definition) is 6. The highest BCUT2D eigenvalue weighted by Gasteiger charge is 2.41. The van der Waals surface area contributed by atoms with E-state index in [9.17, 15) is 29.7 Å². The van der Waals surface area contributed by atoms with E-state index in [1.54, 1.807) is 6.92 Å². The SMILES string of the molecule is CC1O[C@@H](CCCOC(=O)NC(CC(=O)O)C(=O)O)C(O)C(O)[C@@H]1O. The number of hydrogen-bond acceptors (Lipinski definition) is 8. The van der Waals surface area contributed by atoms with Crippen molar-refractivity contribution >= 4 is 18.0 Å². The Morgan fingerprint density at radius 1 is 1.12 bits per heavy atom. The van der Waals surface area contributed by atoms with E-state index in [4.69, 9.17) is 19.7 Å². The Morgan fingerprint density at radius 3 is 2.32 bits per heavy atom. The monoisotopic (exact) mass is 365 g/mol. The van der Waals surface area contributed by atoms with E-state index in [-0.39, 0.29) is 19.4 Å². The second-order valence-electron chi connectivity index (χ2n) is 5.76. The van der Waals surface area contributed by atoms with Crippen molar-refractivity contribution in [2.24, 2.45) is 0 Å². The number of carboxylic acids is 2. The largest absolute Gasteiger partial charge is 0.481 e. The summed E-state index contributed by atoms with van der Waals surface area (Å²) in [6.07, 6.45) is -6.65. The maximum Gasteiger partial charge on any atom is 0.407 e. The molecule has 1 aliphatic heterocycles. The number of aliphatic hydroxyl groups is 3. The van der Waals surface area contributed by atoms with Crippen LogP contribution in [0.5, 0.6) is 0 Å². The molecule has 6 N–H and O–H groups in total. The number of aliphatic hydroxyl groups excluding tert-OH is 3. The molecule has 1 rings (SSSR count). The molecule has 0 radical (unpaired) electrons. The van der Waals surface area contributed by atoms with Gasteiger partial charge in [-0.1, -0.05) is 0 Å². The molecule has 11 heteroatoms. The van der Waals surface area contributed by atoms with Gasteiger partial charge in [-0.15, -0.1) is 0 Å². The van der Waals surface area contributed by atoms with Crippen LogP contribution in [0.3, 0.4) is 0 Å². The first kappa shape index (κ1) is 21.1. The van der Waals surface area contributed by atoms with Gasteiger partial charge in [-0.3, -0.25) is 4.79 Å². The van der Waals surface area contributed by atoms with Crippen LogP contribution in [-0.4, -0.2) is 86.7 Å². The lowest BCUT2D eigenvalue weighted by molar-refractivity contribution is -0.218. The molecule has 0 aliphatic carbocycles.